The molecule has 0 fully saturated rings. The Labute approximate surface area is 540 Å². The Morgan fingerprint density at radius 2 is 0.716 bits per heavy atom. The Kier molecular flexibility index (Phi) is 18.0. The van der Waals surface area contributed by atoms with E-state index in [2.05, 4.69) is 187 Å². The first-order valence-electron chi connectivity index (χ1n) is 28.3. The molecule has 0 aliphatic carbocycles. The van der Waals surface area contributed by atoms with Gasteiger partial charge in [-0.05, 0) is 99.7 Å². The third-order valence-corrected chi connectivity index (χ3v) is 15.2. The number of pyridine rings is 4. The first-order chi connectivity index (χ1) is 42.2. The van der Waals surface area contributed by atoms with Crippen molar-refractivity contribution in [3.05, 3.63) is 292 Å². The van der Waals surface area contributed by atoms with Crippen LogP contribution in [-0.4, -0.2) is 53.4 Å². The number of anilines is 6. The van der Waals surface area contributed by atoms with Crippen LogP contribution in [0.1, 0.15) is 11.4 Å². The number of nitrogens with zero attached hydrogens (tertiary/aromatic N) is 10. The zero-order valence-electron chi connectivity index (χ0n) is 48.4. The van der Waals surface area contributed by atoms with E-state index < -0.39 is 0 Å². The number of hydrogen-bond acceptors (Lipinski definition) is 10. The van der Waals surface area contributed by atoms with Crippen molar-refractivity contribution in [3.63, 3.8) is 0 Å². The van der Waals surface area contributed by atoms with E-state index in [-0.39, 0.29) is 53.9 Å². The summed E-state index contributed by atoms with van der Waals surface area (Å²) in [6, 6.07) is 88.0. The summed E-state index contributed by atoms with van der Waals surface area (Å²) in [4.78, 5) is 26.1. The number of aromatic hydroxyl groups is 2. The summed E-state index contributed by atoms with van der Waals surface area (Å²) in [5.41, 5.74) is 16.1. The van der Waals surface area contributed by atoms with Gasteiger partial charge in [-0.25, -0.2) is 19.9 Å². The average molecular weight is 1510 g/mol. The SMILES string of the molecule is CN1[CH-]N(c2[c-]cccc2)c2ncc(-n3c4ccccc4c4ccccc43)cc21.CN1[CH-]N(c2[c-]cccc2)c2ncc(-n3c4ccccc4c4ccccc43)cc21.Cc1ccc(-c2ccccc2)c(O)n1.Cc1ccc(-c2ccccc2)c(O)n1.[Pt+2].[Pt+2]. The summed E-state index contributed by atoms with van der Waals surface area (Å²) in [6.07, 6.45) is 3.92. The fraction of sp³-hybridized carbons (Fsp3) is 0.0541. The molecule has 12 nitrogen and oxygen atoms in total. The first kappa shape index (κ1) is 59.8. The van der Waals surface area contributed by atoms with Crippen molar-refractivity contribution in [2.24, 2.45) is 0 Å². The summed E-state index contributed by atoms with van der Waals surface area (Å²) >= 11 is 0. The van der Waals surface area contributed by atoms with Gasteiger partial charge in [-0.15, -0.1) is 11.4 Å². The molecule has 16 rings (SSSR count). The van der Waals surface area contributed by atoms with Crippen molar-refractivity contribution in [2.45, 2.75) is 13.8 Å². The molecule has 8 heterocycles. The van der Waals surface area contributed by atoms with E-state index in [9.17, 15) is 10.2 Å². The Balaban J connectivity index is 0.000000127. The first-order valence-corrected chi connectivity index (χ1v) is 28.3. The van der Waals surface area contributed by atoms with E-state index in [1.807, 2.05) is 160 Å². The summed E-state index contributed by atoms with van der Waals surface area (Å²) in [5.74, 6) is 2.02. The van der Waals surface area contributed by atoms with Gasteiger partial charge in [-0.3, -0.25) is 0 Å². The Hall–Kier alpha value is -9.86. The molecular weight excluding hydrogens is 1450 g/mol. The van der Waals surface area contributed by atoms with Crippen molar-refractivity contribution >= 4 is 78.0 Å². The number of benzene rings is 8. The molecule has 0 spiro atoms. The van der Waals surface area contributed by atoms with Gasteiger partial charge in [-0.1, -0.05) is 133 Å². The van der Waals surface area contributed by atoms with Gasteiger partial charge in [0.2, 0.25) is 11.8 Å². The second-order valence-corrected chi connectivity index (χ2v) is 20.9. The summed E-state index contributed by atoms with van der Waals surface area (Å²) in [6.45, 7) is 7.82. The minimum absolute atomic E-state index is 0. The second-order valence-electron chi connectivity index (χ2n) is 20.9. The van der Waals surface area contributed by atoms with Crippen LogP contribution in [0.2, 0.25) is 0 Å². The molecule has 6 aromatic heterocycles. The number of fused-ring (bicyclic) bond motifs is 8. The van der Waals surface area contributed by atoms with E-state index in [4.69, 9.17) is 9.97 Å². The minimum atomic E-state index is 0. The molecule has 0 unspecified atom stereocenters. The van der Waals surface area contributed by atoms with Crippen molar-refractivity contribution < 1.29 is 52.3 Å². The van der Waals surface area contributed by atoms with E-state index >= 15 is 0 Å². The number of hydrogen-bond donors (Lipinski definition) is 2. The van der Waals surface area contributed by atoms with Crippen LogP contribution in [0.5, 0.6) is 11.8 Å². The van der Waals surface area contributed by atoms with Gasteiger partial charge in [0, 0.05) is 44.1 Å². The van der Waals surface area contributed by atoms with Crippen LogP contribution in [0, 0.1) is 39.3 Å². The molecule has 0 saturated heterocycles. The number of aryl methyl sites for hydroxylation is 2. The number of aromatic nitrogens is 6. The van der Waals surface area contributed by atoms with Crippen molar-refractivity contribution in [1.82, 2.24) is 29.1 Å². The third kappa shape index (κ3) is 11.9. The van der Waals surface area contributed by atoms with Gasteiger partial charge in [-0.2, -0.15) is 74.0 Å². The molecule has 436 valence electrons. The van der Waals surface area contributed by atoms with E-state index in [1.54, 1.807) is 0 Å². The molecule has 14 heteroatoms. The third-order valence-electron chi connectivity index (χ3n) is 15.2. The van der Waals surface area contributed by atoms with Gasteiger partial charge >= 0.3 is 42.1 Å². The van der Waals surface area contributed by atoms with Crippen molar-refractivity contribution in [1.29, 1.82) is 0 Å². The summed E-state index contributed by atoms with van der Waals surface area (Å²) in [5, 5.41) is 24.3. The van der Waals surface area contributed by atoms with Crippen LogP contribution in [0.3, 0.4) is 0 Å². The van der Waals surface area contributed by atoms with Crippen LogP contribution in [0.4, 0.5) is 34.4 Å². The van der Waals surface area contributed by atoms with Crippen LogP contribution in [0.25, 0.3) is 77.2 Å². The Bertz CT molecular complexity index is 4310. The number of para-hydroxylation sites is 6. The van der Waals surface area contributed by atoms with E-state index in [1.165, 1.54) is 43.6 Å². The normalized spacial score (nSPS) is 12.0. The summed E-state index contributed by atoms with van der Waals surface area (Å²) in [7, 11) is 4.11. The fourth-order valence-corrected chi connectivity index (χ4v) is 11.2. The molecule has 0 saturated carbocycles. The van der Waals surface area contributed by atoms with Crippen LogP contribution < -0.4 is 19.6 Å². The molecule has 2 N–H and O–H groups in total. The molecular formula is C74H58N10O2Pt2. The Morgan fingerprint density at radius 3 is 1.05 bits per heavy atom. The van der Waals surface area contributed by atoms with Crippen LogP contribution in [0.15, 0.2) is 255 Å². The minimum Gasteiger partial charge on any atom is -0.502 e. The average Bonchev–Trinajstić information content (AvgIpc) is 2.22. The number of rotatable bonds is 6. The van der Waals surface area contributed by atoms with Crippen molar-refractivity contribution in [2.75, 3.05) is 33.7 Å². The van der Waals surface area contributed by atoms with Gasteiger partial charge in [0.25, 0.3) is 0 Å². The van der Waals surface area contributed by atoms with Gasteiger partial charge in [0.1, 0.15) is 11.6 Å². The molecule has 0 radical (unpaired) electrons. The standard InChI is InChI=1S/2C25H18N4.2C12H11NO.2Pt/c2*1-27-17-28(18-9-3-2-4-10-18)25-24(27)15-19(16-26-25)29-22-13-7-5-11-20(22)21-12-6-8-14-23(21)29;2*1-9-7-8-11(12(14)13-9)10-5-3-2-4-6-10;;/h2*2-9,11-17H,1H3;2*2-8H,1H3,(H,13,14);;/q2*-2;;;2*+2. The smallest absolute Gasteiger partial charge is 0.502 e. The molecule has 88 heavy (non-hydrogen) atoms. The fourth-order valence-electron chi connectivity index (χ4n) is 11.2. The van der Waals surface area contributed by atoms with Gasteiger partial charge in [0.05, 0.1) is 57.2 Å². The van der Waals surface area contributed by atoms with E-state index in [0.717, 1.165) is 79.4 Å². The quantitative estimate of drug-likeness (QED) is 0.156. The molecule has 0 atom stereocenters. The van der Waals surface area contributed by atoms with Gasteiger partial charge < -0.3 is 38.9 Å². The molecule has 14 aromatic rings. The maximum Gasteiger partial charge on any atom is 2.00 e. The summed E-state index contributed by atoms with van der Waals surface area (Å²) < 4.78 is 4.59. The topological polar surface area (TPSA) is 115 Å². The molecule has 2 aliphatic rings. The Morgan fingerprint density at radius 1 is 0.386 bits per heavy atom. The predicted molar refractivity (Wildman–Crippen MR) is 350 cm³/mol. The van der Waals surface area contributed by atoms with Crippen LogP contribution in [-0.2, 0) is 42.1 Å². The zero-order valence-corrected chi connectivity index (χ0v) is 52.9. The molecule has 0 amide bonds. The maximum atomic E-state index is 9.63. The van der Waals surface area contributed by atoms with E-state index in [0.29, 0.717) is 0 Å². The second kappa shape index (κ2) is 26.4. The zero-order chi connectivity index (χ0) is 58.7. The molecule has 8 aromatic carbocycles. The van der Waals surface area contributed by atoms with Crippen LogP contribution >= 0.6 is 0 Å². The van der Waals surface area contributed by atoms with Crippen molar-refractivity contribution in [3.8, 4) is 45.4 Å². The van der Waals surface area contributed by atoms with Gasteiger partial charge in [0.15, 0.2) is 0 Å². The maximum absolute atomic E-state index is 9.63. The molecule has 2 aliphatic heterocycles. The monoisotopic (exact) mass is 1510 g/mol. The largest absolute Gasteiger partial charge is 2.00 e. The molecule has 0 bridgehead atoms. The predicted octanol–water partition coefficient (Wildman–Crippen LogP) is 16.9.